The zero-order valence-corrected chi connectivity index (χ0v) is 15.1. The van der Waals surface area contributed by atoms with Crippen LogP contribution in [0.5, 0.6) is 11.5 Å². The van der Waals surface area contributed by atoms with E-state index in [0.717, 1.165) is 48.7 Å². The second-order valence-corrected chi connectivity index (χ2v) is 6.18. The lowest BCUT2D eigenvalue weighted by molar-refractivity contribution is -0.117. The van der Waals surface area contributed by atoms with Crippen molar-refractivity contribution in [1.29, 1.82) is 0 Å². The highest BCUT2D eigenvalue weighted by Gasteiger charge is 2.20. The van der Waals surface area contributed by atoms with Crippen molar-refractivity contribution in [3.63, 3.8) is 0 Å². The molecule has 0 aromatic heterocycles. The number of Topliss-reactive ketones (excluding diaryl/α,β-unsaturated/α-hetero) is 1. The number of ether oxygens (including phenoxy) is 2. The summed E-state index contributed by atoms with van der Waals surface area (Å²) in [6, 6.07) is 5.87. The molecule has 1 heterocycles. The third-order valence-corrected chi connectivity index (χ3v) is 4.39. The summed E-state index contributed by atoms with van der Waals surface area (Å²) in [7, 11) is 1.65. The molecule has 4 heteroatoms. The second kappa shape index (κ2) is 9.48. The molecule has 0 aliphatic carbocycles. The Morgan fingerprint density at radius 2 is 2.04 bits per heavy atom. The number of benzene rings is 1. The summed E-state index contributed by atoms with van der Waals surface area (Å²) >= 11 is 0. The van der Waals surface area contributed by atoms with E-state index < -0.39 is 0 Å². The van der Waals surface area contributed by atoms with Gasteiger partial charge in [-0.15, -0.1) is 0 Å². The molecule has 0 atom stereocenters. The Kier molecular flexibility index (Phi) is 7.32. The first-order chi connectivity index (χ1) is 11.7. The van der Waals surface area contributed by atoms with E-state index in [-0.39, 0.29) is 5.78 Å². The highest BCUT2D eigenvalue weighted by Crippen LogP contribution is 2.29. The normalized spacial score (nSPS) is 17.3. The largest absolute Gasteiger partial charge is 0.493 e. The quantitative estimate of drug-likeness (QED) is 0.534. The molecule has 1 aliphatic rings. The van der Waals surface area contributed by atoms with Crippen molar-refractivity contribution >= 4 is 11.9 Å². The molecule has 0 saturated carbocycles. The van der Waals surface area contributed by atoms with Crippen LogP contribution < -0.4 is 9.47 Å². The van der Waals surface area contributed by atoms with Crippen LogP contribution in [-0.2, 0) is 4.79 Å². The van der Waals surface area contributed by atoms with Gasteiger partial charge in [0.05, 0.1) is 13.7 Å². The SMILES string of the molecule is CCCCCOc1ccc(/C=C2\CN(CC)CCC2=O)cc1OC. The third-order valence-electron chi connectivity index (χ3n) is 4.39. The fourth-order valence-corrected chi connectivity index (χ4v) is 2.85. The maximum absolute atomic E-state index is 12.1. The highest BCUT2D eigenvalue weighted by atomic mass is 16.5. The van der Waals surface area contributed by atoms with E-state index in [4.69, 9.17) is 9.47 Å². The van der Waals surface area contributed by atoms with Crippen LogP contribution in [0.2, 0.25) is 0 Å². The smallest absolute Gasteiger partial charge is 0.161 e. The number of ketones is 1. The van der Waals surface area contributed by atoms with Crippen molar-refractivity contribution in [3.05, 3.63) is 29.3 Å². The molecule has 1 fully saturated rings. The van der Waals surface area contributed by atoms with Gasteiger partial charge in [-0.3, -0.25) is 9.69 Å². The predicted octanol–water partition coefficient (Wildman–Crippen LogP) is 3.94. The van der Waals surface area contributed by atoms with Gasteiger partial charge in [0.2, 0.25) is 0 Å². The molecule has 0 N–H and O–H groups in total. The van der Waals surface area contributed by atoms with E-state index in [2.05, 4.69) is 18.7 Å². The number of carbonyl (C=O) groups is 1. The van der Waals surface area contributed by atoms with Crippen LogP contribution in [-0.4, -0.2) is 44.0 Å². The summed E-state index contributed by atoms with van der Waals surface area (Å²) in [5, 5.41) is 0. The van der Waals surface area contributed by atoms with Crippen LogP contribution in [0.15, 0.2) is 23.8 Å². The molecule has 0 amide bonds. The lowest BCUT2D eigenvalue weighted by Crippen LogP contribution is -2.35. The van der Waals surface area contributed by atoms with Crippen molar-refractivity contribution in [3.8, 4) is 11.5 Å². The van der Waals surface area contributed by atoms with Crippen LogP contribution >= 0.6 is 0 Å². The Morgan fingerprint density at radius 3 is 2.75 bits per heavy atom. The van der Waals surface area contributed by atoms with Crippen LogP contribution in [0, 0.1) is 0 Å². The van der Waals surface area contributed by atoms with Gasteiger partial charge < -0.3 is 9.47 Å². The molecule has 0 unspecified atom stereocenters. The number of piperidine rings is 1. The molecular weight excluding hydrogens is 302 g/mol. The van der Waals surface area contributed by atoms with Crippen LogP contribution in [0.25, 0.3) is 6.08 Å². The summed E-state index contributed by atoms with van der Waals surface area (Å²) < 4.78 is 11.3. The van der Waals surface area contributed by atoms with E-state index in [0.29, 0.717) is 13.0 Å². The highest BCUT2D eigenvalue weighted by molar-refractivity contribution is 6.00. The van der Waals surface area contributed by atoms with Gasteiger partial charge in [0.1, 0.15) is 0 Å². The van der Waals surface area contributed by atoms with E-state index in [1.165, 1.54) is 12.8 Å². The molecule has 0 radical (unpaired) electrons. The number of rotatable bonds is 8. The van der Waals surface area contributed by atoms with Gasteiger partial charge in [-0.2, -0.15) is 0 Å². The number of likely N-dealkylation sites (N-methyl/N-ethyl adjacent to an activating group) is 1. The van der Waals surface area contributed by atoms with Gasteiger partial charge >= 0.3 is 0 Å². The first-order valence-corrected chi connectivity index (χ1v) is 8.94. The van der Waals surface area contributed by atoms with Crippen molar-refractivity contribution in [2.75, 3.05) is 33.4 Å². The molecule has 24 heavy (non-hydrogen) atoms. The monoisotopic (exact) mass is 331 g/mol. The van der Waals surface area contributed by atoms with Crippen molar-refractivity contribution in [1.82, 2.24) is 4.90 Å². The predicted molar refractivity (Wildman–Crippen MR) is 97.7 cm³/mol. The molecule has 1 aromatic rings. The zero-order valence-electron chi connectivity index (χ0n) is 15.1. The number of nitrogens with zero attached hydrogens (tertiary/aromatic N) is 1. The minimum absolute atomic E-state index is 0.249. The molecule has 132 valence electrons. The lowest BCUT2D eigenvalue weighted by Gasteiger charge is -2.26. The molecule has 1 saturated heterocycles. The molecule has 0 spiro atoms. The molecule has 0 bridgehead atoms. The Labute approximate surface area is 145 Å². The van der Waals surface area contributed by atoms with Gasteiger partial charge in [-0.05, 0) is 36.7 Å². The van der Waals surface area contributed by atoms with Gasteiger partial charge in [-0.1, -0.05) is 32.8 Å². The van der Waals surface area contributed by atoms with E-state index in [9.17, 15) is 4.79 Å². The molecular formula is C20H29NO3. The summed E-state index contributed by atoms with van der Waals surface area (Å²) in [4.78, 5) is 14.4. The molecule has 2 rings (SSSR count). The van der Waals surface area contributed by atoms with Gasteiger partial charge in [0.15, 0.2) is 17.3 Å². The van der Waals surface area contributed by atoms with Crippen molar-refractivity contribution < 1.29 is 14.3 Å². The average molecular weight is 331 g/mol. The minimum atomic E-state index is 0.249. The first kappa shape index (κ1) is 18.5. The number of hydrogen-bond donors (Lipinski definition) is 0. The summed E-state index contributed by atoms with van der Waals surface area (Å²) in [5.41, 5.74) is 1.86. The van der Waals surface area contributed by atoms with Gasteiger partial charge in [0.25, 0.3) is 0 Å². The maximum atomic E-state index is 12.1. The number of hydrogen-bond acceptors (Lipinski definition) is 4. The second-order valence-electron chi connectivity index (χ2n) is 6.18. The van der Waals surface area contributed by atoms with E-state index in [1.54, 1.807) is 7.11 Å². The number of methoxy groups -OCH3 is 1. The Morgan fingerprint density at radius 1 is 1.21 bits per heavy atom. The zero-order chi connectivity index (χ0) is 17.4. The topological polar surface area (TPSA) is 38.8 Å². The van der Waals surface area contributed by atoms with Gasteiger partial charge in [-0.25, -0.2) is 0 Å². The fraction of sp³-hybridized carbons (Fsp3) is 0.550. The lowest BCUT2D eigenvalue weighted by atomic mass is 10.0. The summed E-state index contributed by atoms with van der Waals surface area (Å²) in [6.45, 7) is 7.57. The number of likely N-dealkylation sites (tertiary alicyclic amines) is 1. The summed E-state index contributed by atoms with van der Waals surface area (Å²) in [5.74, 6) is 1.73. The van der Waals surface area contributed by atoms with Crippen molar-refractivity contribution in [2.24, 2.45) is 0 Å². The molecule has 4 nitrogen and oxygen atoms in total. The minimum Gasteiger partial charge on any atom is -0.493 e. The Balaban J connectivity index is 2.10. The summed E-state index contributed by atoms with van der Waals surface area (Å²) in [6.07, 6.45) is 5.98. The fourth-order valence-electron chi connectivity index (χ4n) is 2.85. The molecule has 1 aromatic carbocycles. The van der Waals surface area contributed by atoms with Crippen LogP contribution in [0.3, 0.4) is 0 Å². The first-order valence-electron chi connectivity index (χ1n) is 8.94. The van der Waals surface area contributed by atoms with Crippen molar-refractivity contribution in [2.45, 2.75) is 39.5 Å². The third kappa shape index (κ3) is 5.10. The van der Waals surface area contributed by atoms with E-state index >= 15 is 0 Å². The Hall–Kier alpha value is -1.81. The van der Waals surface area contributed by atoms with Gasteiger partial charge in [0, 0.05) is 25.1 Å². The maximum Gasteiger partial charge on any atom is 0.161 e. The average Bonchev–Trinajstić information content (AvgIpc) is 2.61. The van der Waals surface area contributed by atoms with Crippen LogP contribution in [0.4, 0.5) is 0 Å². The Bertz CT molecular complexity index is 580. The van der Waals surface area contributed by atoms with E-state index in [1.807, 2.05) is 24.3 Å². The van der Waals surface area contributed by atoms with Crippen LogP contribution in [0.1, 0.15) is 45.1 Å². The number of carbonyl (C=O) groups excluding carboxylic acids is 1. The standard InChI is InChI=1S/C20H29NO3/c1-4-6-7-12-24-19-9-8-16(14-20(19)23-3)13-17-15-21(5-2)11-10-18(17)22/h8-9,13-14H,4-7,10-12,15H2,1-3H3/b17-13+. The number of unbranched alkanes of at least 4 members (excludes halogenated alkanes) is 2. The molecule has 1 aliphatic heterocycles.